The molecule has 0 radical (unpaired) electrons. The van der Waals surface area contributed by atoms with Crippen LogP contribution in [0.3, 0.4) is 0 Å². The minimum atomic E-state index is -0.731. The van der Waals surface area contributed by atoms with Gasteiger partial charge in [-0.25, -0.2) is 9.78 Å². The van der Waals surface area contributed by atoms with Gasteiger partial charge in [-0.3, -0.25) is 4.79 Å². The predicted octanol–water partition coefficient (Wildman–Crippen LogP) is -0.733. The maximum atomic E-state index is 10.8. The van der Waals surface area contributed by atoms with E-state index < -0.39 is 11.5 Å². The van der Waals surface area contributed by atoms with Crippen molar-refractivity contribution in [3.05, 3.63) is 28.4 Å². The second-order valence-electron chi connectivity index (χ2n) is 1.95. The minimum Gasteiger partial charge on any atom is -0.464 e. The highest BCUT2D eigenvalue weighted by molar-refractivity contribution is 5.86. The molecule has 12 heavy (non-hydrogen) atoms. The van der Waals surface area contributed by atoms with Gasteiger partial charge in [0.2, 0.25) is 0 Å². The number of hydrogen-bond donors (Lipinski definition) is 1. The topological polar surface area (TPSA) is 81.4 Å². The number of aromatic nitrogens is 2. The summed E-state index contributed by atoms with van der Waals surface area (Å²) in [5.74, 6) is -0.715. The van der Waals surface area contributed by atoms with E-state index in [0.29, 0.717) is 0 Å². The molecule has 0 amide bonds. The molecule has 0 bridgehead atoms. The lowest BCUT2D eigenvalue weighted by Gasteiger charge is -1.97. The standard InChI is InChI=1S/C6H6N2O4/c1-12-6(10)4-2-5(9)8(11)3-7-4/h2-3,11H,1H3. The molecule has 6 nitrogen and oxygen atoms in total. The van der Waals surface area contributed by atoms with E-state index in [4.69, 9.17) is 5.21 Å². The number of hydrogen-bond acceptors (Lipinski definition) is 5. The zero-order chi connectivity index (χ0) is 9.14. The first-order chi connectivity index (χ1) is 5.65. The monoisotopic (exact) mass is 170 g/mol. The van der Waals surface area contributed by atoms with Crippen LogP contribution >= 0.6 is 0 Å². The number of carbonyl (C=O) groups is 1. The number of esters is 1. The van der Waals surface area contributed by atoms with E-state index in [0.717, 1.165) is 12.4 Å². The first-order valence-corrected chi connectivity index (χ1v) is 3.01. The largest absolute Gasteiger partial charge is 0.464 e. The molecular formula is C6H6N2O4. The van der Waals surface area contributed by atoms with Gasteiger partial charge in [0.1, 0.15) is 6.33 Å². The van der Waals surface area contributed by atoms with Gasteiger partial charge in [0, 0.05) is 6.07 Å². The first kappa shape index (κ1) is 8.25. The van der Waals surface area contributed by atoms with Gasteiger partial charge in [-0.15, -0.1) is 4.73 Å². The third-order valence-corrected chi connectivity index (χ3v) is 1.19. The van der Waals surface area contributed by atoms with Crippen molar-refractivity contribution in [3.63, 3.8) is 0 Å². The van der Waals surface area contributed by atoms with Gasteiger partial charge >= 0.3 is 5.97 Å². The Hall–Kier alpha value is -1.85. The Labute approximate surface area is 67.0 Å². The fraction of sp³-hybridized carbons (Fsp3) is 0.167. The lowest BCUT2D eigenvalue weighted by molar-refractivity contribution is 0.0591. The normalized spacial score (nSPS) is 9.42. The van der Waals surface area contributed by atoms with Crippen LogP contribution in [0.4, 0.5) is 0 Å². The highest BCUT2D eigenvalue weighted by Crippen LogP contribution is 1.90. The summed E-state index contributed by atoms with van der Waals surface area (Å²) in [6.07, 6.45) is 0.828. The molecule has 0 unspecified atom stereocenters. The van der Waals surface area contributed by atoms with Crippen molar-refractivity contribution >= 4 is 5.97 Å². The van der Waals surface area contributed by atoms with E-state index in [2.05, 4.69) is 9.72 Å². The average Bonchev–Trinajstić information content (AvgIpc) is 2.08. The molecule has 0 aliphatic rings. The molecule has 1 rings (SSSR count). The molecule has 0 saturated heterocycles. The predicted molar refractivity (Wildman–Crippen MR) is 37.0 cm³/mol. The first-order valence-electron chi connectivity index (χ1n) is 3.01. The fourth-order valence-electron chi connectivity index (χ4n) is 0.610. The molecule has 1 aromatic rings. The molecule has 0 atom stereocenters. The molecule has 0 aliphatic carbocycles. The second-order valence-corrected chi connectivity index (χ2v) is 1.95. The molecule has 64 valence electrons. The van der Waals surface area contributed by atoms with Crippen LogP contribution in [0.25, 0.3) is 0 Å². The Bertz CT molecular complexity index is 357. The van der Waals surface area contributed by atoms with Crippen molar-refractivity contribution in [2.24, 2.45) is 0 Å². The quantitative estimate of drug-likeness (QED) is 0.443. The molecule has 1 heterocycles. The minimum absolute atomic E-state index is 0.132. The molecule has 0 saturated carbocycles. The highest BCUT2D eigenvalue weighted by Gasteiger charge is 2.07. The number of nitrogens with zero attached hydrogens (tertiary/aromatic N) is 2. The van der Waals surface area contributed by atoms with Crippen LogP contribution in [0, 0.1) is 0 Å². The third kappa shape index (κ3) is 1.42. The fourth-order valence-corrected chi connectivity index (χ4v) is 0.610. The molecule has 0 aliphatic heterocycles. The molecule has 1 aromatic heterocycles. The Morgan fingerprint density at radius 1 is 1.75 bits per heavy atom. The Morgan fingerprint density at radius 3 is 2.92 bits per heavy atom. The lowest BCUT2D eigenvalue weighted by Crippen LogP contribution is -2.20. The summed E-state index contributed by atoms with van der Waals surface area (Å²) in [5.41, 5.74) is -0.863. The van der Waals surface area contributed by atoms with Gasteiger partial charge in [-0.1, -0.05) is 0 Å². The van der Waals surface area contributed by atoms with Gasteiger partial charge in [-0.05, 0) is 0 Å². The van der Waals surface area contributed by atoms with E-state index in [1.54, 1.807) is 0 Å². The van der Waals surface area contributed by atoms with E-state index in [1.807, 2.05) is 0 Å². The van der Waals surface area contributed by atoms with Crippen LogP contribution in [-0.2, 0) is 4.74 Å². The Morgan fingerprint density at radius 2 is 2.42 bits per heavy atom. The van der Waals surface area contributed by atoms with E-state index in [-0.39, 0.29) is 10.4 Å². The van der Waals surface area contributed by atoms with Crippen LogP contribution in [0.15, 0.2) is 17.2 Å². The second kappa shape index (κ2) is 3.04. The zero-order valence-corrected chi connectivity index (χ0v) is 6.22. The van der Waals surface area contributed by atoms with E-state index in [1.165, 1.54) is 7.11 Å². The molecule has 0 spiro atoms. The van der Waals surface area contributed by atoms with Crippen LogP contribution in [0.5, 0.6) is 0 Å². The summed E-state index contributed by atoms with van der Waals surface area (Å²) in [6.45, 7) is 0. The number of ether oxygens (including phenoxy) is 1. The Kier molecular flexibility index (Phi) is 2.09. The average molecular weight is 170 g/mol. The zero-order valence-electron chi connectivity index (χ0n) is 6.22. The maximum absolute atomic E-state index is 10.8. The van der Waals surface area contributed by atoms with Crippen LogP contribution in [0.2, 0.25) is 0 Å². The summed E-state index contributed by atoms with van der Waals surface area (Å²) in [6, 6.07) is 0.881. The van der Waals surface area contributed by atoms with Gasteiger partial charge < -0.3 is 9.94 Å². The SMILES string of the molecule is COC(=O)c1cc(=O)n(O)cn1. The van der Waals surface area contributed by atoms with Crippen LogP contribution in [-0.4, -0.2) is 28.0 Å². The number of rotatable bonds is 1. The van der Waals surface area contributed by atoms with Gasteiger partial charge in [-0.2, -0.15) is 0 Å². The van der Waals surface area contributed by atoms with E-state index in [9.17, 15) is 9.59 Å². The summed E-state index contributed by atoms with van der Waals surface area (Å²) in [4.78, 5) is 24.9. The number of methoxy groups -OCH3 is 1. The lowest BCUT2D eigenvalue weighted by atomic mass is 10.4. The smallest absolute Gasteiger partial charge is 0.356 e. The van der Waals surface area contributed by atoms with Crippen molar-refractivity contribution in [3.8, 4) is 0 Å². The van der Waals surface area contributed by atoms with Gasteiger partial charge in [0.25, 0.3) is 5.56 Å². The van der Waals surface area contributed by atoms with Gasteiger partial charge in [0.05, 0.1) is 7.11 Å². The van der Waals surface area contributed by atoms with Gasteiger partial charge in [0.15, 0.2) is 5.69 Å². The van der Waals surface area contributed by atoms with Crippen molar-refractivity contribution in [2.75, 3.05) is 7.11 Å². The van der Waals surface area contributed by atoms with Crippen molar-refractivity contribution in [1.82, 2.24) is 9.71 Å². The molecule has 1 N–H and O–H groups in total. The third-order valence-electron chi connectivity index (χ3n) is 1.19. The van der Waals surface area contributed by atoms with Crippen LogP contribution < -0.4 is 5.56 Å². The molecule has 6 heteroatoms. The molecule has 0 fully saturated rings. The van der Waals surface area contributed by atoms with Crippen molar-refractivity contribution < 1.29 is 14.7 Å². The van der Waals surface area contributed by atoms with Crippen molar-refractivity contribution in [2.45, 2.75) is 0 Å². The van der Waals surface area contributed by atoms with Crippen LogP contribution in [0.1, 0.15) is 10.5 Å². The van der Waals surface area contributed by atoms with E-state index >= 15 is 0 Å². The Balaban J connectivity index is 3.13. The maximum Gasteiger partial charge on any atom is 0.356 e. The summed E-state index contributed by atoms with van der Waals surface area (Å²) in [7, 11) is 1.18. The molecule has 0 aromatic carbocycles. The highest BCUT2D eigenvalue weighted by atomic mass is 16.5. The summed E-state index contributed by atoms with van der Waals surface area (Å²) in [5, 5.41) is 8.69. The molecular weight excluding hydrogens is 164 g/mol. The summed E-state index contributed by atoms with van der Waals surface area (Å²) < 4.78 is 4.57. The number of carbonyl (C=O) groups excluding carboxylic acids is 1. The summed E-state index contributed by atoms with van der Waals surface area (Å²) >= 11 is 0. The van der Waals surface area contributed by atoms with Crippen molar-refractivity contribution in [1.29, 1.82) is 0 Å².